The largest absolute Gasteiger partial charge is 0.424 e. The second-order valence-corrected chi connectivity index (χ2v) is 8.63. The lowest BCUT2D eigenvalue weighted by Crippen LogP contribution is -2.60. The van der Waals surface area contributed by atoms with Crippen molar-refractivity contribution in [2.24, 2.45) is 0 Å². The van der Waals surface area contributed by atoms with Gasteiger partial charge in [-0.05, 0) is 44.7 Å². The van der Waals surface area contributed by atoms with Crippen LogP contribution in [0.2, 0.25) is 0 Å². The highest BCUT2D eigenvalue weighted by molar-refractivity contribution is 5.94. The second-order valence-electron chi connectivity index (χ2n) is 8.63. The third kappa shape index (κ3) is 3.55. The lowest BCUT2D eigenvalue weighted by Gasteiger charge is -2.50. The van der Waals surface area contributed by atoms with Gasteiger partial charge in [0.2, 0.25) is 11.8 Å². The van der Waals surface area contributed by atoms with Crippen LogP contribution in [0.4, 0.5) is 0 Å². The molecule has 0 radical (unpaired) electrons. The van der Waals surface area contributed by atoms with Gasteiger partial charge in [0.25, 0.3) is 5.91 Å². The Balaban J connectivity index is 1.29. The van der Waals surface area contributed by atoms with E-state index < -0.39 is 0 Å². The van der Waals surface area contributed by atoms with E-state index in [2.05, 4.69) is 20.1 Å². The van der Waals surface area contributed by atoms with Crippen molar-refractivity contribution < 1.29 is 13.9 Å². The van der Waals surface area contributed by atoms with Crippen molar-refractivity contribution in [2.75, 3.05) is 19.7 Å². The Morgan fingerprint density at radius 1 is 1.21 bits per heavy atom. The number of aromatic nitrogens is 3. The molecule has 3 saturated heterocycles. The van der Waals surface area contributed by atoms with Crippen molar-refractivity contribution >= 4 is 5.91 Å². The van der Waals surface area contributed by atoms with E-state index in [1.165, 1.54) is 0 Å². The molecule has 3 fully saturated rings. The Labute approximate surface area is 170 Å². The lowest BCUT2D eigenvalue weighted by molar-refractivity contribution is -0.143. The van der Waals surface area contributed by atoms with Crippen molar-refractivity contribution in [3.05, 3.63) is 41.4 Å². The first-order valence-corrected chi connectivity index (χ1v) is 10.4. The standard InChI is InChI=1S/C21H27N5O3/c1-14-3-4-16(11-22-14)20(27)25-7-8-28-21(13-25)9-17-5-6-18(10-21)26(17)12-19-24-23-15(2)29-19/h3-4,11,17-18H,5-10,12-13H2,1-2H3/t17-,18+,21?. The molecule has 3 aliphatic heterocycles. The number of ether oxygens (including phenoxy) is 1. The Morgan fingerprint density at radius 2 is 2.00 bits per heavy atom. The van der Waals surface area contributed by atoms with Crippen LogP contribution in [0.3, 0.4) is 0 Å². The van der Waals surface area contributed by atoms with Gasteiger partial charge in [0.05, 0.1) is 30.9 Å². The van der Waals surface area contributed by atoms with E-state index in [0.717, 1.165) is 31.4 Å². The number of pyridine rings is 1. The highest BCUT2D eigenvalue weighted by Gasteiger charge is 2.51. The molecule has 1 amide bonds. The molecule has 2 bridgehead atoms. The normalized spacial score (nSPS) is 29.5. The van der Waals surface area contributed by atoms with Gasteiger partial charge in [-0.1, -0.05) is 0 Å². The van der Waals surface area contributed by atoms with Crippen molar-refractivity contribution in [3.8, 4) is 0 Å². The number of hydrogen-bond donors (Lipinski definition) is 0. The van der Waals surface area contributed by atoms with Gasteiger partial charge in [-0.15, -0.1) is 10.2 Å². The highest BCUT2D eigenvalue weighted by atomic mass is 16.5. The van der Waals surface area contributed by atoms with E-state index in [1.807, 2.05) is 30.9 Å². The summed E-state index contributed by atoms with van der Waals surface area (Å²) in [6.45, 7) is 6.32. The molecule has 8 heteroatoms. The zero-order valence-corrected chi connectivity index (χ0v) is 17.0. The molecular weight excluding hydrogens is 370 g/mol. The van der Waals surface area contributed by atoms with Crippen LogP contribution in [0.1, 0.15) is 53.5 Å². The maximum atomic E-state index is 13.0. The van der Waals surface area contributed by atoms with Gasteiger partial charge in [-0.25, -0.2) is 0 Å². The molecule has 2 aromatic heterocycles. The predicted octanol–water partition coefficient (Wildman–Crippen LogP) is 2.12. The maximum Gasteiger partial charge on any atom is 0.255 e. The van der Waals surface area contributed by atoms with Crippen LogP contribution in [-0.2, 0) is 11.3 Å². The molecule has 1 spiro atoms. The first-order chi connectivity index (χ1) is 14.0. The number of piperidine rings is 1. The van der Waals surface area contributed by atoms with Crippen molar-refractivity contribution in [2.45, 2.75) is 63.8 Å². The molecule has 0 aliphatic carbocycles. The number of nitrogens with zero attached hydrogens (tertiary/aromatic N) is 5. The van der Waals surface area contributed by atoms with Crippen molar-refractivity contribution in [3.63, 3.8) is 0 Å². The van der Waals surface area contributed by atoms with Crippen LogP contribution in [0.5, 0.6) is 0 Å². The molecule has 3 atom stereocenters. The van der Waals surface area contributed by atoms with Gasteiger partial charge < -0.3 is 14.1 Å². The smallest absolute Gasteiger partial charge is 0.255 e. The number of fused-ring (bicyclic) bond motifs is 2. The first kappa shape index (κ1) is 18.7. The average molecular weight is 397 g/mol. The van der Waals surface area contributed by atoms with Gasteiger partial charge >= 0.3 is 0 Å². The Hall–Kier alpha value is -2.32. The van der Waals surface area contributed by atoms with Crippen LogP contribution in [-0.4, -0.2) is 68.3 Å². The molecule has 2 aromatic rings. The summed E-state index contributed by atoms with van der Waals surface area (Å²) in [6.07, 6.45) is 5.86. The molecule has 8 nitrogen and oxygen atoms in total. The monoisotopic (exact) mass is 397 g/mol. The quantitative estimate of drug-likeness (QED) is 0.784. The summed E-state index contributed by atoms with van der Waals surface area (Å²) < 4.78 is 11.9. The fraction of sp³-hybridized carbons (Fsp3) is 0.619. The van der Waals surface area contributed by atoms with Gasteiger partial charge in [0.15, 0.2) is 0 Å². The van der Waals surface area contributed by atoms with Crippen LogP contribution < -0.4 is 0 Å². The number of hydrogen-bond acceptors (Lipinski definition) is 7. The number of aryl methyl sites for hydroxylation is 2. The number of morpholine rings is 1. The number of carbonyl (C=O) groups is 1. The molecule has 0 saturated carbocycles. The molecule has 5 heterocycles. The SMILES string of the molecule is Cc1ccc(C(=O)N2CCOC3(C[C@H]4CC[C@@H](C3)N4Cc3nnc(C)o3)C2)cn1. The lowest BCUT2D eigenvalue weighted by atomic mass is 9.84. The van der Waals surface area contributed by atoms with E-state index in [9.17, 15) is 4.79 Å². The van der Waals surface area contributed by atoms with Gasteiger partial charge in [0, 0.05) is 37.4 Å². The molecule has 5 rings (SSSR count). The van der Waals surface area contributed by atoms with Crippen LogP contribution in [0.15, 0.2) is 22.7 Å². The summed E-state index contributed by atoms with van der Waals surface area (Å²) in [7, 11) is 0. The number of rotatable bonds is 3. The molecule has 154 valence electrons. The summed E-state index contributed by atoms with van der Waals surface area (Å²) in [4.78, 5) is 21.7. The summed E-state index contributed by atoms with van der Waals surface area (Å²) in [5.41, 5.74) is 1.32. The Morgan fingerprint density at radius 3 is 2.66 bits per heavy atom. The molecule has 29 heavy (non-hydrogen) atoms. The highest BCUT2D eigenvalue weighted by Crippen LogP contribution is 2.44. The fourth-order valence-corrected chi connectivity index (χ4v) is 5.25. The minimum absolute atomic E-state index is 0.0521. The first-order valence-electron chi connectivity index (χ1n) is 10.4. The van der Waals surface area contributed by atoms with Gasteiger partial charge in [-0.2, -0.15) is 0 Å². The summed E-state index contributed by atoms with van der Waals surface area (Å²) in [6, 6.07) is 4.61. The minimum Gasteiger partial charge on any atom is -0.424 e. The second kappa shape index (κ2) is 7.18. The Kier molecular flexibility index (Phi) is 4.63. The molecule has 0 N–H and O–H groups in total. The number of amides is 1. The van der Waals surface area contributed by atoms with E-state index in [4.69, 9.17) is 9.15 Å². The van der Waals surface area contributed by atoms with Crippen LogP contribution in [0.25, 0.3) is 0 Å². The van der Waals surface area contributed by atoms with E-state index in [-0.39, 0.29) is 11.5 Å². The third-order valence-corrected chi connectivity index (χ3v) is 6.57. The predicted molar refractivity (Wildman–Crippen MR) is 104 cm³/mol. The molecule has 0 aromatic carbocycles. The van der Waals surface area contributed by atoms with Gasteiger partial charge in [0.1, 0.15) is 0 Å². The van der Waals surface area contributed by atoms with Crippen LogP contribution >= 0.6 is 0 Å². The fourth-order valence-electron chi connectivity index (χ4n) is 5.25. The molecule has 1 unspecified atom stereocenters. The van der Waals surface area contributed by atoms with Crippen molar-refractivity contribution in [1.29, 1.82) is 0 Å². The third-order valence-electron chi connectivity index (χ3n) is 6.57. The van der Waals surface area contributed by atoms with E-state index >= 15 is 0 Å². The summed E-state index contributed by atoms with van der Waals surface area (Å²) in [5.74, 6) is 1.34. The topological polar surface area (TPSA) is 84.6 Å². The van der Waals surface area contributed by atoms with Crippen LogP contribution in [0, 0.1) is 13.8 Å². The summed E-state index contributed by atoms with van der Waals surface area (Å²) in [5, 5.41) is 8.12. The zero-order chi connectivity index (χ0) is 20.0. The van der Waals surface area contributed by atoms with Gasteiger partial charge in [-0.3, -0.25) is 14.7 Å². The maximum absolute atomic E-state index is 13.0. The zero-order valence-electron chi connectivity index (χ0n) is 17.0. The van der Waals surface area contributed by atoms with E-state index in [1.54, 1.807) is 6.20 Å². The average Bonchev–Trinajstić information content (AvgIpc) is 3.23. The molecule has 3 aliphatic rings. The van der Waals surface area contributed by atoms with E-state index in [0.29, 0.717) is 55.7 Å². The Bertz CT molecular complexity index is 882. The minimum atomic E-state index is -0.251. The molecular formula is C21H27N5O3. The summed E-state index contributed by atoms with van der Waals surface area (Å²) >= 11 is 0. The van der Waals surface area contributed by atoms with Crippen molar-refractivity contribution in [1.82, 2.24) is 25.0 Å². The number of carbonyl (C=O) groups excluding carboxylic acids is 1.